The molecule has 4 rings (SSSR count). The molecule has 1 amide bonds. The number of rotatable bonds is 6. The number of benzene rings is 2. The zero-order valence-electron chi connectivity index (χ0n) is 15.5. The second-order valence-corrected chi connectivity index (χ2v) is 8.78. The zero-order valence-corrected chi connectivity index (χ0v) is 17.1. The fourth-order valence-corrected chi connectivity index (χ4v) is 4.78. The minimum Gasteiger partial charge on any atom is -0.381 e. The highest BCUT2D eigenvalue weighted by Gasteiger charge is 2.14. The van der Waals surface area contributed by atoms with Crippen molar-refractivity contribution in [1.82, 2.24) is 4.98 Å². The van der Waals surface area contributed by atoms with E-state index in [1.54, 1.807) is 0 Å². The number of carbonyl (C=O) groups is 1. The molecule has 0 saturated carbocycles. The summed E-state index contributed by atoms with van der Waals surface area (Å²) >= 11 is 8.00. The molecule has 0 spiro atoms. The van der Waals surface area contributed by atoms with Crippen LogP contribution in [0, 0.1) is 0 Å². The molecule has 28 heavy (non-hydrogen) atoms. The molecule has 4 nitrogen and oxygen atoms in total. The first-order valence-corrected chi connectivity index (χ1v) is 10.9. The van der Waals surface area contributed by atoms with Crippen LogP contribution in [0.1, 0.15) is 24.0 Å². The standard InChI is InChI=1S/C22H23ClN2O2S/c23-17-4-5-20-16(13-24-21(20)12-17)11-22(26)25-18-3-1-2-15(10-18)14-28-19-6-8-27-9-7-19/h1-5,10,12-13,19,24H,6-9,11,14H2,(H,25,26). The van der Waals surface area contributed by atoms with Gasteiger partial charge in [0.25, 0.3) is 0 Å². The summed E-state index contributed by atoms with van der Waals surface area (Å²) in [5.74, 6) is 0.933. The van der Waals surface area contributed by atoms with Crippen molar-refractivity contribution in [1.29, 1.82) is 0 Å². The van der Waals surface area contributed by atoms with Gasteiger partial charge in [-0.2, -0.15) is 11.8 Å². The van der Waals surface area contributed by atoms with E-state index < -0.39 is 0 Å². The number of anilines is 1. The van der Waals surface area contributed by atoms with Crippen LogP contribution in [-0.2, 0) is 21.7 Å². The topological polar surface area (TPSA) is 54.1 Å². The Hall–Kier alpha value is -1.95. The maximum Gasteiger partial charge on any atom is 0.228 e. The molecule has 1 aliphatic heterocycles. The van der Waals surface area contributed by atoms with Gasteiger partial charge in [0.2, 0.25) is 5.91 Å². The molecule has 1 aromatic heterocycles. The average molecular weight is 415 g/mol. The van der Waals surface area contributed by atoms with Crippen LogP contribution in [0.3, 0.4) is 0 Å². The van der Waals surface area contributed by atoms with E-state index in [0.29, 0.717) is 16.7 Å². The molecule has 2 N–H and O–H groups in total. The Kier molecular flexibility index (Phi) is 6.25. The number of nitrogens with one attached hydrogen (secondary N) is 2. The van der Waals surface area contributed by atoms with E-state index in [0.717, 1.165) is 54.0 Å². The number of thioether (sulfide) groups is 1. The van der Waals surface area contributed by atoms with E-state index in [9.17, 15) is 4.79 Å². The fourth-order valence-electron chi connectivity index (χ4n) is 3.48. The third-order valence-corrected chi connectivity index (χ3v) is 6.62. The number of hydrogen-bond donors (Lipinski definition) is 2. The largest absolute Gasteiger partial charge is 0.381 e. The monoisotopic (exact) mass is 414 g/mol. The quantitative estimate of drug-likeness (QED) is 0.566. The zero-order chi connectivity index (χ0) is 19.3. The van der Waals surface area contributed by atoms with Gasteiger partial charge in [-0.3, -0.25) is 4.79 Å². The van der Waals surface area contributed by atoms with Crippen LogP contribution in [0.25, 0.3) is 10.9 Å². The Balaban J connectivity index is 1.36. The molecule has 0 radical (unpaired) electrons. The summed E-state index contributed by atoms with van der Waals surface area (Å²) in [7, 11) is 0. The highest BCUT2D eigenvalue weighted by Crippen LogP contribution is 2.27. The maximum atomic E-state index is 12.5. The van der Waals surface area contributed by atoms with Gasteiger partial charge in [0.1, 0.15) is 0 Å². The summed E-state index contributed by atoms with van der Waals surface area (Å²) in [4.78, 5) is 15.7. The molecule has 146 valence electrons. The SMILES string of the molecule is O=C(Cc1c[nH]c2cc(Cl)ccc12)Nc1cccc(CSC2CCOCC2)c1. The molecule has 1 saturated heterocycles. The van der Waals surface area contributed by atoms with Gasteiger partial charge in [-0.25, -0.2) is 0 Å². The summed E-state index contributed by atoms with van der Waals surface area (Å²) in [5, 5.41) is 5.41. The van der Waals surface area contributed by atoms with Gasteiger partial charge >= 0.3 is 0 Å². The van der Waals surface area contributed by atoms with E-state index in [4.69, 9.17) is 16.3 Å². The van der Waals surface area contributed by atoms with Crippen LogP contribution in [0.4, 0.5) is 5.69 Å². The summed E-state index contributed by atoms with van der Waals surface area (Å²) in [6.45, 7) is 1.74. The molecule has 0 aliphatic carbocycles. The highest BCUT2D eigenvalue weighted by molar-refractivity contribution is 7.99. The Bertz CT molecular complexity index is 966. The molecule has 1 fully saturated rings. The van der Waals surface area contributed by atoms with Crippen LogP contribution in [0.15, 0.2) is 48.7 Å². The summed E-state index contributed by atoms with van der Waals surface area (Å²) in [5.41, 5.74) is 3.99. The van der Waals surface area contributed by atoms with Crippen molar-refractivity contribution in [3.8, 4) is 0 Å². The molecular weight excluding hydrogens is 392 g/mol. The average Bonchev–Trinajstić information content (AvgIpc) is 3.09. The predicted molar refractivity (Wildman–Crippen MR) is 117 cm³/mol. The summed E-state index contributed by atoms with van der Waals surface area (Å²) in [6, 6.07) is 13.8. The molecule has 3 aromatic rings. The summed E-state index contributed by atoms with van der Waals surface area (Å²) < 4.78 is 5.42. The number of aromatic amines is 1. The Labute approximate surface area is 174 Å². The second kappa shape index (κ2) is 9.03. The van der Waals surface area contributed by atoms with Crippen LogP contribution in [0.5, 0.6) is 0 Å². The van der Waals surface area contributed by atoms with Gasteiger partial charge in [-0.1, -0.05) is 29.8 Å². The van der Waals surface area contributed by atoms with Gasteiger partial charge in [-0.05, 0) is 48.2 Å². The molecule has 6 heteroatoms. The van der Waals surface area contributed by atoms with E-state index in [1.165, 1.54) is 5.56 Å². The van der Waals surface area contributed by atoms with Gasteiger partial charge in [0.15, 0.2) is 0 Å². The third-order valence-electron chi connectivity index (χ3n) is 4.95. The van der Waals surface area contributed by atoms with Crippen molar-refractivity contribution >= 4 is 45.9 Å². The summed E-state index contributed by atoms with van der Waals surface area (Å²) in [6.07, 6.45) is 4.44. The van der Waals surface area contributed by atoms with E-state index in [-0.39, 0.29) is 5.91 Å². The number of carbonyl (C=O) groups excluding carboxylic acids is 1. The number of aromatic nitrogens is 1. The molecule has 0 unspecified atom stereocenters. The molecule has 0 bridgehead atoms. The number of amides is 1. The molecule has 0 atom stereocenters. The number of ether oxygens (including phenoxy) is 1. The molecule has 2 aromatic carbocycles. The first-order chi connectivity index (χ1) is 13.7. The van der Waals surface area contributed by atoms with Crippen LogP contribution in [0.2, 0.25) is 5.02 Å². The van der Waals surface area contributed by atoms with E-state index in [1.807, 2.05) is 48.3 Å². The van der Waals surface area contributed by atoms with Gasteiger partial charge in [-0.15, -0.1) is 0 Å². The van der Waals surface area contributed by atoms with Crippen molar-refractivity contribution < 1.29 is 9.53 Å². The molecule has 1 aliphatic rings. The molecule has 2 heterocycles. The van der Waals surface area contributed by atoms with Gasteiger partial charge in [0, 0.05) is 52.0 Å². The highest BCUT2D eigenvalue weighted by atomic mass is 35.5. The lowest BCUT2D eigenvalue weighted by Gasteiger charge is -2.21. The second-order valence-electron chi connectivity index (χ2n) is 7.05. The third kappa shape index (κ3) is 4.90. The van der Waals surface area contributed by atoms with Crippen molar-refractivity contribution in [2.24, 2.45) is 0 Å². The first kappa shape index (κ1) is 19.4. The number of hydrogen-bond acceptors (Lipinski definition) is 3. The minimum atomic E-state index is -0.0231. The Morgan fingerprint density at radius 3 is 2.93 bits per heavy atom. The smallest absolute Gasteiger partial charge is 0.228 e. The predicted octanol–water partition coefficient (Wildman–Crippen LogP) is 5.41. The lowest BCUT2D eigenvalue weighted by molar-refractivity contribution is -0.115. The molecular formula is C22H23ClN2O2S. The minimum absolute atomic E-state index is 0.0231. The van der Waals surface area contributed by atoms with Crippen molar-refractivity contribution in [3.63, 3.8) is 0 Å². The van der Waals surface area contributed by atoms with Crippen molar-refractivity contribution in [2.75, 3.05) is 18.5 Å². The van der Waals surface area contributed by atoms with Gasteiger partial charge < -0.3 is 15.0 Å². The van der Waals surface area contributed by atoms with Crippen LogP contribution < -0.4 is 5.32 Å². The first-order valence-electron chi connectivity index (χ1n) is 9.51. The van der Waals surface area contributed by atoms with E-state index in [2.05, 4.69) is 22.4 Å². The fraction of sp³-hybridized carbons (Fsp3) is 0.318. The Morgan fingerprint density at radius 2 is 2.07 bits per heavy atom. The maximum absolute atomic E-state index is 12.5. The van der Waals surface area contributed by atoms with Gasteiger partial charge in [0.05, 0.1) is 6.42 Å². The van der Waals surface area contributed by atoms with E-state index >= 15 is 0 Å². The number of fused-ring (bicyclic) bond motifs is 1. The normalized spacial score (nSPS) is 15.0. The van der Waals surface area contributed by atoms with Crippen LogP contribution in [-0.4, -0.2) is 29.4 Å². The number of halogens is 1. The van der Waals surface area contributed by atoms with Crippen molar-refractivity contribution in [3.05, 3.63) is 64.8 Å². The van der Waals surface area contributed by atoms with Crippen molar-refractivity contribution in [2.45, 2.75) is 30.3 Å². The lowest BCUT2D eigenvalue weighted by atomic mass is 10.1. The lowest BCUT2D eigenvalue weighted by Crippen LogP contribution is -2.17. The Morgan fingerprint density at radius 1 is 1.21 bits per heavy atom. The number of H-pyrrole nitrogens is 1. The van der Waals surface area contributed by atoms with Crippen LogP contribution >= 0.6 is 23.4 Å².